The Bertz CT molecular complexity index is 524. The molecule has 0 amide bonds. The molecule has 106 valence electrons. The zero-order chi connectivity index (χ0) is 14.8. The van der Waals surface area contributed by atoms with E-state index in [1.165, 1.54) is 5.56 Å². The summed E-state index contributed by atoms with van der Waals surface area (Å²) in [6.07, 6.45) is 2.39. The summed E-state index contributed by atoms with van der Waals surface area (Å²) in [5.74, 6) is -0.229. The van der Waals surface area contributed by atoms with Crippen molar-refractivity contribution in [3.05, 3.63) is 35.9 Å². The number of ether oxygens (including phenoxy) is 1. The molecule has 0 aromatic heterocycles. The third-order valence-corrected chi connectivity index (χ3v) is 3.69. The summed E-state index contributed by atoms with van der Waals surface area (Å²) in [5.41, 5.74) is -0.189. The molecular weight excluding hydrogens is 250 g/mol. The van der Waals surface area contributed by atoms with Gasteiger partial charge in [-0.15, -0.1) is 0 Å². The van der Waals surface area contributed by atoms with Gasteiger partial charge in [0.2, 0.25) is 0 Å². The number of hydrogen-bond acceptors (Lipinski definition) is 3. The topological polar surface area (TPSA) is 50.1 Å². The molecule has 0 radical (unpaired) electrons. The molecule has 2 rings (SSSR count). The van der Waals surface area contributed by atoms with Crippen LogP contribution < -0.4 is 0 Å². The zero-order valence-electron chi connectivity index (χ0n) is 12.3. The van der Waals surface area contributed by atoms with Crippen LogP contribution in [0, 0.1) is 22.7 Å². The minimum absolute atomic E-state index is 0.127. The molecule has 20 heavy (non-hydrogen) atoms. The van der Waals surface area contributed by atoms with Crippen LogP contribution in [-0.2, 0) is 16.0 Å². The van der Waals surface area contributed by atoms with Crippen molar-refractivity contribution in [1.29, 1.82) is 5.26 Å². The maximum absolute atomic E-state index is 12.2. The molecule has 0 spiro atoms. The number of carbonyl (C=O) groups excluding carboxylic acids is 1. The Morgan fingerprint density at radius 2 is 2.05 bits per heavy atom. The van der Waals surface area contributed by atoms with E-state index in [1.54, 1.807) is 0 Å². The third-order valence-electron chi connectivity index (χ3n) is 3.69. The van der Waals surface area contributed by atoms with Crippen molar-refractivity contribution in [2.75, 3.05) is 0 Å². The van der Waals surface area contributed by atoms with Crippen LogP contribution in [0.2, 0.25) is 0 Å². The molecule has 0 aliphatic heterocycles. The maximum Gasteiger partial charge on any atom is 0.327 e. The predicted molar refractivity (Wildman–Crippen MR) is 76.8 cm³/mol. The van der Waals surface area contributed by atoms with Crippen molar-refractivity contribution in [1.82, 2.24) is 0 Å². The molecule has 2 unspecified atom stereocenters. The normalized spacial score (nSPS) is 24.8. The second-order valence-corrected chi connectivity index (χ2v) is 6.51. The average molecular weight is 271 g/mol. The van der Waals surface area contributed by atoms with Crippen molar-refractivity contribution in [3.8, 4) is 6.07 Å². The van der Waals surface area contributed by atoms with Crippen LogP contribution >= 0.6 is 0 Å². The molecule has 1 fully saturated rings. The summed E-state index contributed by atoms with van der Waals surface area (Å²) < 4.78 is 5.38. The summed E-state index contributed by atoms with van der Waals surface area (Å²) in [7, 11) is 0. The van der Waals surface area contributed by atoms with Crippen LogP contribution in [-0.4, -0.2) is 11.6 Å². The lowest BCUT2D eigenvalue weighted by Gasteiger charge is -2.21. The molecule has 3 heteroatoms. The Morgan fingerprint density at radius 1 is 1.40 bits per heavy atom. The predicted octanol–water partition coefficient (Wildman–Crippen LogP) is 3.49. The first-order chi connectivity index (χ1) is 9.37. The highest BCUT2D eigenvalue weighted by Crippen LogP contribution is 2.55. The number of nitriles is 1. The van der Waals surface area contributed by atoms with Gasteiger partial charge in [-0.2, -0.15) is 5.26 Å². The van der Waals surface area contributed by atoms with E-state index in [0.717, 1.165) is 12.8 Å². The van der Waals surface area contributed by atoms with Crippen molar-refractivity contribution < 1.29 is 9.53 Å². The van der Waals surface area contributed by atoms with E-state index in [1.807, 2.05) is 39.0 Å². The first-order valence-corrected chi connectivity index (χ1v) is 7.06. The van der Waals surface area contributed by atoms with Gasteiger partial charge in [-0.1, -0.05) is 30.3 Å². The van der Waals surface area contributed by atoms with Crippen molar-refractivity contribution >= 4 is 5.97 Å². The van der Waals surface area contributed by atoms with Gasteiger partial charge in [-0.3, -0.25) is 4.79 Å². The molecular formula is C17H21NO2. The Hall–Kier alpha value is -1.82. The van der Waals surface area contributed by atoms with Crippen molar-refractivity contribution in [2.45, 2.75) is 45.6 Å². The summed E-state index contributed by atoms with van der Waals surface area (Å²) in [4.78, 5) is 12.2. The van der Waals surface area contributed by atoms with E-state index in [4.69, 9.17) is 4.74 Å². The Morgan fingerprint density at radius 3 is 2.60 bits per heavy atom. The van der Waals surface area contributed by atoms with Crippen molar-refractivity contribution in [3.63, 3.8) is 0 Å². The first-order valence-electron chi connectivity index (χ1n) is 7.06. The maximum atomic E-state index is 12.2. The number of carbonyl (C=O) groups is 1. The van der Waals surface area contributed by atoms with Gasteiger partial charge >= 0.3 is 5.97 Å². The molecule has 1 aliphatic carbocycles. The molecule has 3 nitrogen and oxygen atoms in total. The Labute approximate surface area is 120 Å². The molecule has 0 bridgehead atoms. The fourth-order valence-electron chi connectivity index (χ4n) is 2.47. The minimum Gasteiger partial charge on any atom is -0.459 e. The second kappa shape index (κ2) is 5.28. The smallest absolute Gasteiger partial charge is 0.327 e. The van der Waals surface area contributed by atoms with Gasteiger partial charge < -0.3 is 4.74 Å². The molecule has 0 saturated heterocycles. The van der Waals surface area contributed by atoms with Gasteiger partial charge in [0.05, 0.1) is 6.07 Å². The third kappa shape index (κ3) is 3.19. The highest BCUT2D eigenvalue weighted by Gasteiger charge is 2.62. The van der Waals surface area contributed by atoms with Crippen LogP contribution in [0.4, 0.5) is 0 Å². The summed E-state index contributed by atoms with van der Waals surface area (Å²) in [6.45, 7) is 5.49. The van der Waals surface area contributed by atoms with E-state index in [9.17, 15) is 10.1 Å². The lowest BCUT2D eigenvalue weighted by atomic mass is 10.00. The number of benzene rings is 1. The zero-order valence-corrected chi connectivity index (χ0v) is 12.3. The lowest BCUT2D eigenvalue weighted by molar-refractivity contribution is -0.159. The fraction of sp³-hybridized carbons (Fsp3) is 0.529. The first kappa shape index (κ1) is 14.6. The molecule has 0 heterocycles. The van der Waals surface area contributed by atoms with Crippen LogP contribution in [0.3, 0.4) is 0 Å². The Balaban J connectivity index is 1.93. The number of rotatable bonds is 4. The Kier molecular flexibility index (Phi) is 3.85. The molecule has 1 aromatic rings. The van der Waals surface area contributed by atoms with E-state index in [-0.39, 0.29) is 11.9 Å². The summed E-state index contributed by atoms with van der Waals surface area (Å²) in [5, 5.41) is 9.34. The van der Waals surface area contributed by atoms with Crippen molar-refractivity contribution in [2.24, 2.45) is 11.3 Å². The SMILES string of the molecule is CC(C)(C)OC(=O)C1(C#N)CC1CCc1ccccc1. The van der Waals surface area contributed by atoms with Crippen LogP contribution in [0.5, 0.6) is 0 Å². The van der Waals surface area contributed by atoms with Gasteiger partial charge in [0.25, 0.3) is 0 Å². The molecule has 0 N–H and O–H groups in total. The van der Waals surface area contributed by atoms with Gasteiger partial charge in [-0.05, 0) is 51.5 Å². The highest BCUT2D eigenvalue weighted by molar-refractivity contribution is 5.84. The summed E-state index contributed by atoms with van der Waals surface area (Å²) in [6, 6.07) is 12.3. The van der Waals surface area contributed by atoms with E-state index >= 15 is 0 Å². The number of aryl methyl sites for hydroxylation is 1. The van der Waals surface area contributed by atoms with Gasteiger partial charge in [0.15, 0.2) is 5.41 Å². The number of nitrogens with zero attached hydrogens (tertiary/aromatic N) is 1. The van der Waals surface area contributed by atoms with E-state index in [0.29, 0.717) is 6.42 Å². The second-order valence-electron chi connectivity index (χ2n) is 6.51. The summed E-state index contributed by atoms with van der Waals surface area (Å²) >= 11 is 0. The minimum atomic E-state index is -0.901. The average Bonchev–Trinajstić information content (AvgIpc) is 3.11. The van der Waals surface area contributed by atoms with Crippen LogP contribution in [0.1, 0.15) is 39.2 Å². The number of hydrogen-bond donors (Lipinski definition) is 0. The fourth-order valence-corrected chi connectivity index (χ4v) is 2.47. The molecule has 1 aromatic carbocycles. The van der Waals surface area contributed by atoms with E-state index < -0.39 is 11.0 Å². The molecule has 1 aliphatic rings. The molecule has 2 atom stereocenters. The van der Waals surface area contributed by atoms with E-state index in [2.05, 4.69) is 18.2 Å². The number of esters is 1. The standard InChI is InChI=1S/C17H21NO2/c1-16(2,3)20-15(19)17(12-18)11-14(17)10-9-13-7-5-4-6-8-13/h4-8,14H,9-11H2,1-3H3. The highest BCUT2D eigenvalue weighted by atomic mass is 16.6. The van der Waals surface area contributed by atoms with Gasteiger partial charge in [-0.25, -0.2) is 0 Å². The monoisotopic (exact) mass is 271 g/mol. The van der Waals surface area contributed by atoms with Crippen LogP contribution in [0.15, 0.2) is 30.3 Å². The van der Waals surface area contributed by atoms with Gasteiger partial charge in [0, 0.05) is 0 Å². The van der Waals surface area contributed by atoms with Crippen LogP contribution in [0.25, 0.3) is 0 Å². The quantitative estimate of drug-likeness (QED) is 0.788. The lowest BCUT2D eigenvalue weighted by Crippen LogP contribution is -2.30. The van der Waals surface area contributed by atoms with Gasteiger partial charge in [0.1, 0.15) is 5.60 Å². The largest absolute Gasteiger partial charge is 0.459 e. The molecule has 1 saturated carbocycles.